The summed E-state index contributed by atoms with van der Waals surface area (Å²) >= 11 is 0. The predicted octanol–water partition coefficient (Wildman–Crippen LogP) is 2.98. The Balaban J connectivity index is 1.11. The summed E-state index contributed by atoms with van der Waals surface area (Å²) in [5.41, 5.74) is 4.56. The third-order valence-electron chi connectivity index (χ3n) is 7.38. The van der Waals surface area contributed by atoms with Crippen LogP contribution in [0.15, 0.2) is 42.6 Å². The number of benzene rings is 1. The lowest BCUT2D eigenvalue weighted by Crippen LogP contribution is -2.42. The molecule has 32 heavy (non-hydrogen) atoms. The standard InChI is InChI=1S/C25H27N5O2/c31-23-15-20(16-30(23)21-8-7-17-4-3-5-19(17)14-21)25(32)28-12-9-18(10-13-28)24-27-26-22-6-1-2-11-29(22)24/h1-2,6-8,11,14,18,20H,3-5,9-10,12-13,15-16H2/t20-/m0/s1. The van der Waals surface area contributed by atoms with Crippen LogP contribution < -0.4 is 4.90 Å². The van der Waals surface area contributed by atoms with E-state index in [2.05, 4.69) is 22.3 Å². The molecule has 0 spiro atoms. The summed E-state index contributed by atoms with van der Waals surface area (Å²) in [7, 11) is 0. The third kappa shape index (κ3) is 3.27. The van der Waals surface area contributed by atoms with Gasteiger partial charge in [0.25, 0.3) is 0 Å². The van der Waals surface area contributed by atoms with E-state index in [1.54, 1.807) is 0 Å². The Morgan fingerprint density at radius 2 is 1.84 bits per heavy atom. The Morgan fingerprint density at radius 3 is 2.72 bits per heavy atom. The highest BCUT2D eigenvalue weighted by Gasteiger charge is 2.38. The number of aromatic nitrogens is 3. The molecule has 2 saturated heterocycles. The van der Waals surface area contributed by atoms with Gasteiger partial charge in [-0.1, -0.05) is 12.1 Å². The number of anilines is 1. The third-order valence-corrected chi connectivity index (χ3v) is 7.38. The fraction of sp³-hybridized carbons (Fsp3) is 0.440. The van der Waals surface area contributed by atoms with E-state index in [9.17, 15) is 9.59 Å². The molecule has 1 aliphatic carbocycles. The maximum atomic E-state index is 13.2. The van der Waals surface area contributed by atoms with Gasteiger partial charge in [0.15, 0.2) is 5.65 Å². The molecule has 2 aromatic heterocycles. The number of nitrogens with zero attached hydrogens (tertiary/aromatic N) is 5. The molecule has 2 fully saturated rings. The fourth-order valence-corrected chi connectivity index (χ4v) is 5.60. The summed E-state index contributed by atoms with van der Waals surface area (Å²) in [6.07, 6.45) is 7.46. The number of amides is 2. The van der Waals surface area contributed by atoms with Crippen LogP contribution in [-0.2, 0) is 22.4 Å². The summed E-state index contributed by atoms with van der Waals surface area (Å²) < 4.78 is 2.05. The molecule has 2 amide bonds. The van der Waals surface area contributed by atoms with Crippen LogP contribution in [0.5, 0.6) is 0 Å². The molecule has 0 radical (unpaired) electrons. The predicted molar refractivity (Wildman–Crippen MR) is 120 cm³/mol. The van der Waals surface area contributed by atoms with E-state index in [0.29, 0.717) is 32.0 Å². The molecule has 2 aliphatic heterocycles. The van der Waals surface area contributed by atoms with Gasteiger partial charge >= 0.3 is 0 Å². The second-order valence-corrected chi connectivity index (χ2v) is 9.30. The van der Waals surface area contributed by atoms with Crippen LogP contribution >= 0.6 is 0 Å². The minimum atomic E-state index is -0.249. The number of hydrogen-bond donors (Lipinski definition) is 0. The summed E-state index contributed by atoms with van der Waals surface area (Å²) in [6.45, 7) is 1.90. The number of aryl methyl sites for hydroxylation is 2. The summed E-state index contributed by atoms with van der Waals surface area (Å²) in [4.78, 5) is 29.7. The van der Waals surface area contributed by atoms with E-state index in [1.165, 1.54) is 17.5 Å². The molecule has 3 aliphatic rings. The monoisotopic (exact) mass is 429 g/mol. The number of piperidine rings is 1. The molecule has 0 N–H and O–H groups in total. The number of likely N-dealkylation sites (tertiary alicyclic amines) is 1. The van der Waals surface area contributed by atoms with Crippen molar-refractivity contribution in [1.29, 1.82) is 0 Å². The number of carbonyl (C=O) groups excluding carboxylic acids is 2. The largest absolute Gasteiger partial charge is 0.342 e. The molecule has 0 bridgehead atoms. The van der Waals surface area contributed by atoms with Gasteiger partial charge in [0.2, 0.25) is 11.8 Å². The van der Waals surface area contributed by atoms with Gasteiger partial charge in [-0.25, -0.2) is 0 Å². The SMILES string of the molecule is O=C([C@H]1CC(=O)N(c2ccc3c(c2)CCC3)C1)N1CCC(c2nnc3ccccn23)CC1. The highest BCUT2D eigenvalue weighted by Crippen LogP contribution is 2.33. The van der Waals surface area contributed by atoms with E-state index in [1.807, 2.05) is 44.7 Å². The normalized spacial score (nSPS) is 21.5. The van der Waals surface area contributed by atoms with Gasteiger partial charge in [0.05, 0.1) is 5.92 Å². The molecule has 0 unspecified atom stereocenters. The van der Waals surface area contributed by atoms with Crippen molar-refractivity contribution in [3.63, 3.8) is 0 Å². The van der Waals surface area contributed by atoms with Crippen molar-refractivity contribution in [2.75, 3.05) is 24.5 Å². The molecule has 4 heterocycles. The van der Waals surface area contributed by atoms with Crippen molar-refractivity contribution in [2.45, 2.75) is 44.4 Å². The van der Waals surface area contributed by atoms with E-state index in [0.717, 1.165) is 42.8 Å². The van der Waals surface area contributed by atoms with Crippen molar-refractivity contribution in [1.82, 2.24) is 19.5 Å². The van der Waals surface area contributed by atoms with E-state index >= 15 is 0 Å². The first-order chi connectivity index (χ1) is 15.7. The van der Waals surface area contributed by atoms with Gasteiger partial charge in [-0.15, -0.1) is 10.2 Å². The highest BCUT2D eigenvalue weighted by molar-refractivity contribution is 6.00. The lowest BCUT2D eigenvalue weighted by atomic mass is 9.94. The van der Waals surface area contributed by atoms with Crippen LogP contribution in [0.25, 0.3) is 5.65 Å². The summed E-state index contributed by atoms with van der Waals surface area (Å²) in [5.74, 6) is 1.20. The summed E-state index contributed by atoms with van der Waals surface area (Å²) in [6, 6.07) is 12.3. The Kier molecular flexibility index (Phi) is 4.70. The quantitative estimate of drug-likeness (QED) is 0.642. The molecule has 3 aromatic rings. The van der Waals surface area contributed by atoms with Crippen LogP contribution in [0.3, 0.4) is 0 Å². The molecule has 0 saturated carbocycles. The van der Waals surface area contributed by atoms with Crippen LogP contribution in [0.1, 0.15) is 48.6 Å². The maximum absolute atomic E-state index is 13.2. The number of rotatable bonds is 3. The number of hydrogen-bond acceptors (Lipinski definition) is 4. The Labute approximate surface area is 187 Å². The van der Waals surface area contributed by atoms with Crippen molar-refractivity contribution in [3.05, 3.63) is 59.5 Å². The Morgan fingerprint density at radius 1 is 1.00 bits per heavy atom. The van der Waals surface area contributed by atoms with Crippen LogP contribution in [-0.4, -0.2) is 50.9 Å². The zero-order valence-electron chi connectivity index (χ0n) is 18.1. The van der Waals surface area contributed by atoms with Gasteiger partial charge in [0, 0.05) is 43.9 Å². The molecule has 7 nitrogen and oxygen atoms in total. The zero-order chi connectivity index (χ0) is 21.7. The average molecular weight is 430 g/mol. The first-order valence-electron chi connectivity index (χ1n) is 11.7. The molecular formula is C25H27N5O2. The number of carbonyl (C=O) groups is 2. The van der Waals surface area contributed by atoms with Gasteiger partial charge < -0.3 is 9.80 Å². The topological polar surface area (TPSA) is 70.8 Å². The van der Waals surface area contributed by atoms with Gasteiger partial charge in [-0.3, -0.25) is 14.0 Å². The lowest BCUT2D eigenvalue weighted by molar-refractivity contribution is -0.136. The van der Waals surface area contributed by atoms with E-state index in [-0.39, 0.29) is 17.7 Å². The average Bonchev–Trinajstić information content (AvgIpc) is 3.56. The first kappa shape index (κ1) is 19.5. The zero-order valence-corrected chi connectivity index (χ0v) is 18.1. The lowest BCUT2D eigenvalue weighted by Gasteiger charge is -2.32. The minimum absolute atomic E-state index is 0.0612. The second-order valence-electron chi connectivity index (χ2n) is 9.30. The first-order valence-corrected chi connectivity index (χ1v) is 11.7. The highest BCUT2D eigenvalue weighted by atomic mass is 16.2. The van der Waals surface area contributed by atoms with Crippen LogP contribution in [0.4, 0.5) is 5.69 Å². The molecule has 1 aromatic carbocycles. The molecule has 1 atom stereocenters. The van der Waals surface area contributed by atoms with E-state index < -0.39 is 0 Å². The van der Waals surface area contributed by atoms with Crippen molar-refractivity contribution < 1.29 is 9.59 Å². The number of pyridine rings is 1. The van der Waals surface area contributed by atoms with Gasteiger partial charge in [-0.2, -0.15) is 0 Å². The molecular weight excluding hydrogens is 402 g/mol. The second kappa shape index (κ2) is 7.73. The van der Waals surface area contributed by atoms with Gasteiger partial charge in [-0.05, 0) is 67.5 Å². The molecule has 7 heteroatoms. The smallest absolute Gasteiger partial charge is 0.228 e. The Hall–Kier alpha value is -3.22. The molecule has 6 rings (SSSR count). The fourth-order valence-electron chi connectivity index (χ4n) is 5.60. The van der Waals surface area contributed by atoms with Gasteiger partial charge in [0.1, 0.15) is 5.82 Å². The van der Waals surface area contributed by atoms with E-state index in [4.69, 9.17) is 0 Å². The van der Waals surface area contributed by atoms with Crippen LogP contribution in [0.2, 0.25) is 0 Å². The number of fused-ring (bicyclic) bond motifs is 2. The maximum Gasteiger partial charge on any atom is 0.228 e. The summed E-state index contributed by atoms with van der Waals surface area (Å²) in [5, 5.41) is 8.67. The van der Waals surface area contributed by atoms with Crippen molar-refractivity contribution >= 4 is 23.1 Å². The van der Waals surface area contributed by atoms with Crippen LogP contribution in [0, 0.1) is 5.92 Å². The van der Waals surface area contributed by atoms with Crippen molar-refractivity contribution in [2.24, 2.45) is 5.92 Å². The van der Waals surface area contributed by atoms with Crippen molar-refractivity contribution in [3.8, 4) is 0 Å². The Bertz CT molecular complexity index is 1190. The minimum Gasteiger partial charge on any atom is -0.342 e. The molecule has 164 valence electrons.